The maximum Gasteiger partial charge on any atom is 0.142 e. The lowest BCUT2D eigenvalue weighted by atomic mass is 10.1. The molecular weight excluding hydrogens is 323 g/mol. The van der Waals surface area contributed by atoms with Crippen LogP contribution < -0.4 is 10.6 Å². The summed E-state index contributed by atoms with van der Waals surface area (Å²) >= 11 is 7.53. The number of hydrogen-bond acceptors (Lipinski definition) is 5. The minimum atomic E-state index is -0.431. The van der Waals surface area contributed by atoms with Crippen molar-refractivity contribution in [3.63, 3.8) is 0 Å². The minimum Gasteiger partial charge on any atom is -0.340 e. The smallest absolute Gasteiger partial charge is 0.142 e. The van der Waals surface area contributed by atoms with Crippen molar-refractivity contribution in [2.75, 3.05) is 11.9 Å². The fraction of sp³-hybridized carbons (Fsp3) is 0.200. The van der Waals surface area contributed by atoms with Gasteiger partial charge in [0.25, 0.3) is 0 Å². The normalized spacial score (nSPS) is 14.1. The maximum atomic E-state index is 13.3. The van der Waals surface area contributed by atoms with E-state index in [1.165, 1.54) is 16.5 Å². The second-order valence-corrected chi connectivity index (χ2v) is 6.58. The summed E-state index contributed by atoms with van der Waals surface area (Å²) in [4.78, 5) is 11.0. The van der Waals surface area contributed by atoms with E-state index in [9.17, 15) is 4.39 Å². The number of hydrogen-bond donors (Lipinski definition) is 2. The van der Waals surface area contributed by atoms with Crippen molar-refractivity contribution in [1.29, 1.82) is 0 Å². The topological polar surface area (TPSA) is 49.8 Å². The summed E-state index contributed by atoms with van der Waals surface area (Å²) in [7, 11) is 0. The first kappa shape index (κ1) is 13.9. The number of rotatable bonds is 2. The second kappa shape index (κ2) is 5.46. The van der Waals surface area contributed by atoms with Gasteiger partial charge < -0.3 is 10.6 Å². The van der Waals surface area contributed by atoms with E-state index in [-0.39, 0.29) is 5.02 Å². The first-order valence-corrected chi connectivity index (χ1v) is 8.10. The third kappa shape index (κ3) is 2.33. The van der Waals surface area contributed by atoms with Crippen LogP contribution in [0.25, 0.3) is 10.2 Å². The van der Waals surface area contributed by atoms with E-state index in [2.05, 4.69) is 20.6 Å². The lowest BCUT2D eigenvalue weighted by Crippen LogP contribution is -2.22. The van der Waals surface area contributed by atoms with Crippen LogP contribution in [0.4, 0.5) is 15.9 Å². The zero-order valence-electron chi connectivity index (χ0n) is 11.5. The molecule has 1 aliphatic rings. The van der Waals surface area contributed by atoms with Gasteiger partial charge in [0.05, 0.1) is 10.4 Å². The molecule has 0 spiro atoms. The van der Waals surface area contributed by atoms with E-state index in [1.807, 2.05) is 0 Å². The summed E-state index contributed by atoms with van der Waals surface area (Å²) in [5, 5.41) is 7.75. The molecule has 0 fully saturated rings. The van der Waals surface area contributed by atoms with Crippen LogP contribution in [0.3, 0.4) is 0 Å². The highest BCUT2D eigenvalue weighted by Gasteiger charge is 2.19. The van der Waals surface area contributed by atoms with Crippen molar-refractivity contribution in [3.05, 3.63) is 45.8 Å². The molecule has 112 valence electrons. The van der Waals surface area contributed by atoms with Gasteiger partial charge in [-0.05, 0) is 36.7 Å². The molecule has 0 radical (unpaired) electrons. The summed E-state index contributed by atoms with van der Waals surface area (Å²) in [6, 6.07) is 4.55. The van der Waals surface area contributed by atoms with Crippen LogP contribution in [0.1, 0.15) is 10.4 Å². The van der Waals surface area contributed by atoms with Gasteiger partial charge in [-0.1, -0.05) is 11.6 Å². The van der Waals surface area contributed by atoms with Crippen molar-refractivity contribution in [2.45, 2.75) is 13.0 Å². The van der Waals surface area contributed by atoms with Gasteiger partial charge in [0.1, 0.15) is 22.8 Å². The van der Waals surface area contributed by atoms with Crippen LogP contribution in [-0.4, -0.2) is 16.5 Å². The summed E-state index contributed by atoms with van der Waals surface area (Å²) in [5.41, 5.74) is 2.01. The number of benzene rings is 1. The molecule has 4 nitrogen and oxygen atoms in total. The van der Waals surface area contributed by atoms with Crippen LogP contribution in [0.5, 0.6) is 0 Å². The molecule has 2 aromatic heterocycles. The molecular formula is C15H12ClFN4S. The average molecular weight is 335 g/mol. The molecule has 4 rings (SSSR count). The Kier molecular flexibility index (Phi) is 3.44. The van der Waals surface area contributed by atoms with Gasteiger partial charge in [-0.2, -0.15) is 0 Å². The molecule has 2 N–H and O–H groups in total. The Morgan fingerprint density at radius 3 is 3.09 bits per heavy atom. The fourth-order valence-corrected chi connectivity index (χ4v) is 4.00. The van der Waals surface area contributed by atoms with Gasteiger partial charge in [-0.15, -0.1) is 11.3 Å². The number of anilines is 2. The Balaban J connectivity index is 1.81. The van der Waals surface area contributed by atoms with Gasteiger partial charge >= 0.3 is 0 Å². The van der Waals surface area contributed by atoms with Gasteiger partial charge in [0.2, 0.25) is 0 Å². The number of aromatic nitrogens is 2. The highest BCUT2D eigenvalue weighted by molar-refractivity contribution is 7.19. The van der Waals surface area contributed by atoms with Gasteiger partial charge in [-0.3, -0.25) is 0 Å². The summed E-state index contributed by atoms with van der Waals surface area (Å²) < 4.78 is 13.3. The number of fused-ring (bicyclic) bond motifs is 3. The van der Waals surface area contributed by atoms with E-state index >= 15 is 0 Å². The number of nitrogens with zero attached hydrogens (tertiary/aromatic N) is 2. The molecule has 0 aliphatic carbocycles. The first-order valence-electron chi connectivity index (χ1n) is 6.90. The summed E-state index contributed by atoms with van der Waals surface area (Å²) in [5.74, 6) is 0.311. The molecule has 0 unspecified atom stereocenters. The van der Waals surface area contributed by atoms with E-state index in [0.717, 1.165) is 35.5 Å². The van der Waals surface area contributed by atoms with Crippen molar-refractivity contribution in [3.8, 4) is 0 Å². The standard InChI is InChI=1S/C15H12ClFN4S/c16-10-5-8(1-2-11(10)17)21-14-13-9-3-4-18-6-12(9)22-15(13)20-7-19-14/h1-2,5,7,18H,3-4,6H2,(H,19,20,21). The first-order chi connectivity index (χ1) is 10.7. The second-order valence-electron chi connectivity index (χ2n) is 5.09. The van der Waals surface area contributed by atoms with Gasteiger partial charge in [0, 0.05) is 17.1 Å². The molecule has 7 heteroatoms. The molecule has 0 saturated carbocycles. The lowest BCUT2D eigenvalue weighted by molar-refractivity contribution is 0.628. The Bertz CT molecular complexity index is 864. The SMILES string of the molecule is Fc1ccc(Nc2ncnc3sc4c(c23)CCNC4)cc1Cl. The summed E-state index contributed by atoms with van der Waals surface area (Å²) in [6.07, 6.45) is 2.51. The predicted molar refractivity (Wildman–Crippen MR) is 87.5 cm³/mol. The number of thiophene rings is 1. The molecule has 22 heavy (non-hydrogen) atoms. The molecule has 3 aromatic rings. The third-order valence-corrected chi connectivity index (χ3v) is 5.12. The predicted octanol–water partition coefficient (Wildman–Crippen LogP) is 3.87. The molecule has 0 amide bonds. The van der Waals surface area contributed by atoms with E-state index in [4.69, 9.17) is 11.6 Å². The van der Waals surface area contributed by atoms with Crippen LogP contribution >= 0.6 is 22.9 Å². The van der Waals surface area contributed by atoms with Crippen LogP contribution in [-0.2, 0) is 13.0 Å². The molecule has 0 bridgehead atoms. The molecule has 0 saturated heterocycles. The fourth-order valence-electron chi connectivity index (χ4n) is 2.66. The lowest BCUT2D eigenvalue weighted by Gasteiger charge is -2.13. The highest BCUT2D eigenvalue weighted by atomic mass is 35.5. The zero-order chi connectivity index (χ0) is 15.1. The van der Waals surface area contributed by atoms with Crippen LogP contribution in [0, 0.1) is 5.82 Å². The van der Waals surface area contributed by atoms with E-state index in [0.29, 0.717) is 5.69 Å². The number of halogens is 2. The number of nitrogens with one attached hydrogen (secondary N) is 2. The largest absolute Gasteiger partial charge is 0.340 e. The van der Waals surface area contributed by atoms with Crippen molar-refractivity contribution >= 4 is 44.7 Å². The molecule has 1 aliphatic heterocycles. The maximum absolute atomic E-state index is 13.3. The Labute approximate surface area is 135 Å². The van der Waals surface area contributed by atoms with Gasteiger partial charge in [0.15, 0.2) is 0 Å². The zero-order valence-corrected chi connectivity index (χ0v) is 13.1. The summed E-state index contributed by atoms with van der Waals surface area (Å²) in [6.45, 7) is 1.83. The van der Waals surface area contributed by atoms with Gasteiger partial charge in [-0.25, -0.2) is 14.4 Å². The van der Waals surface area contributed by atoms with E-state index < -0.39 is 5.82 Å². The Morgan fingerprint density at radius 2 is 2.23 bits per heavy atom. The van der Waals surface area contributed by atoms with Crippen LogP contribution in [0.2, 0.25) is 5.02 Å². The molecule has 0 atom stereocenters. The monoisotopic (exact) mass is 334 g/mol. The Morgan fingerprint density at radius 1 is 1.32 bits per heavy atom. The van der Waals surface area contributed by atoms with E-state index in [1.54, 1.807) is 29.8 Å². The third-order valence-electron chi connectivity index (χ3n) is 3.69. The Hall–Kier alpha value is -1.76. The quantitative estimate of drug-likeness (QED) is 0.747. The molecule has 1 aromatic carbocycles. The van der Waals surface area contributed by atoms with Crippen molar-refractivity contribution in [2.24, 2.45) is 0 Å². The minimum absolute atomic E-state index is 0.0897. The highest BCUT2D eigenvalue weighted by Crippen LogP contribution is 2.36. The average Bonchev–Trinajstić information content (AvgIpc) is 2.90. The van der Waals surface area contributed by atoms with Crippen molar-refractivity contribution in [1.82, 2.24) is 15.3 Å². The van der Waals surface area contributed by atoms with Crippen LogP contribution in [0.15, 0.2) is 24.5 Å². The molecule has 3 heterocycles. The van der Waals surface area contributed by atoms with Crippen molar-refractivity contribution < 1.29 is 4.39 Å².